The number of rotatable bonds is 7. The molecule has 6 nitrogen and oxygen atoms in total. The summed E-state index contributed by atoms with van der Waals surface area (Å²) in [6, 6.07) is 23.0. The van der Waals surface area contributed by atoms with Gasteiger partial charge in [0.25, 0.3) is 10.0 Å². The summed E-state index contributed by atoms with van der Waals surface area (Å²) in [7, 11) is -3.87. The number of nitrogens with one attached hydrogen (secondary N) is 1. The third-order valence-electron chi connectivity index (χ3n) is 4.97. The van der Waals surface area contributed by atoms with Crippen LogP contribution in [0, 0.1) is 0 Å². The number of carbonyl (C=O) groups excluding carboxylic acids is 1. The van der Waals surface area contributed by atoms with Gasteiger partial charge in [-0.05, 0) is 47.9 Å². The molecule has 4 rings (SSSR count). The number of hydrogen-bond acceptors (Lipinski definition) is 5. The van der Waals surface area contributed by atoms with Gasteiger partial charge in [0.1, 0.15) is 0 Å². The van der Waals surface area contributed by atoms with Crippen molar-refractivity contribution in [3.8, 4) is 0 Å². The molecule has 8 heteroatoms. The molecule has 1 aromatic heterocycles. The molecule has 0 unspecified atom stereocenters. The second-order valence-corrected chi connectivity index (χ2v) is 10.3. The van der Waals surface area contributed by atoms with Crippen molar-refractivity contribution in [2.45, 2.75) is 29.8 Å². The summed E-state index contributed by atoms with van der Waals surface area (Å²) in [5.74, 6) is 0.206. The summed E-state index contributed by atoms with van der Waals surface area (Å²) in [6.45, 7) is 4.22. The van der Waals surface area contributed by atoms with Gasteiger partial charge in [-0.2, -0.15) is 0 Å². The SMILES string of the molecule is CC(C)c1ccc(NC(=O)CSc2nc3ccccc3n2S(=O)(=O)c2ccccc2)cc1. The molecule has 1 heterocycles. The topological polar surface area (TPSA) is 81.1 Å². The Kier molecular flexibility index (Phi) is 6.34. The zero-order valence-corrected chi connectivity index (χ0v) is 19.4. The number of carbonyl (C=O) groups is 1. The molecule has 1 amide bonds. The van der Waals surface area contributed by atoms with Crippen molar-refractivity contribution in [1.82, 2.24) is 8.96 Å². The highest BCUT2D eigenvalue weighted by Crippen LogP contribution is 2.29. The maximum atomic E-state index is 13.4. The Hall–Kier alpha value is -3.10. The van der Waals surface area contributed by atoms with Crippen LogP contribution < -0.4 is 5.32 Å². The molecule has 0 aliphatic rings. The van der Waals surface area contributed by atoms with E-state index >= 15 is 0 Å². The Labute approximate surface area is 191 Å². The van der Waals surface area contributed by atoms with E-state index < -0.39 is 10.0 Å². The largest absolute Gasteiger partial charge is 0.325 e. The molecular formula is C24H23N3O3S2. The van der Waals surface area contributed by atoms with Crippen molar-refractivity contribution in [1.29, 1.82) is 0 Å². The van der Waals surface area contributed by atoms with Crippen molar-refractivity contribution in [3.63, 3.8) is 0 Å². The average molecular weight is 466 g/mol. The van der Waals surface area contributed by atoms with Crippen LogP contribution in [0.25, 0.3) is 11.0 Å². The number of anilines is 1. The molecule has 164 valence electrons. The van der Waals surface area contributed by atoms with Gasteiger partial charge in [-0.1, -0.05) is 68.1 Å². The van der Waals surface area contributed by atoms with Crippen molar-refractivity contribution in [2.24, 2.45) is 0 Å². The van der Waals surface area contributed by atoms with Gasteiger partial charge in [0.2, 0.25) is 5.91 Å². The van der Waals surface area contributed by atoms with Gasteiger partial charge < -0.3 is 5.32 Å². The van der Waals surface area contributed by atoms with E-state index in [2.05, 4.69) is 24.1 Å². The van der Waals surface area contributed by atoms with Crippen LogP contribution >= 0.6 is 11.8 Å². The zero-order valence-electron chi connectivity index (χ0n) is 17.7. The quantitative estimate of drug-likeness (QED) is 0.383. The molecule has 3 aromatic carbocycles. The fraction of sp³-hybridized carbons (Fsp3) is 0.167. The highest BCUT2D eigenvalue weighted by Gasteiger charge is 2.24. The number of thioether (sulfide) groups is 1. The first-order valence-corrected chi connectivity index (χ1v) is 12.6. The molecular weight excluding hydrogens is 442 g/mol. The summed E-state index contributed by atoms with van der Waals surface area (Å²) in [5, 5.41) is 3.11. The standard InChI is InChI=1S/C24H23N3O3S2/c1-17(2)18-12-14-19(15-13-18)25-23(28)16-31-24-26-21-10-6-7-11-22(21)27(24)32(29,30)20-8-4-3-5-9-20/h3-15,17H,16H2,1-2H3,(H,25,28). The molecule has 0 aliphatic heterocycles. The summed E-state index contributed by atoms with van der Waals surface area (Å²) < 4.78 is 27.9. The highest BCUT2D eigenvalue weighted by molar-refractivity contribution is 8.00. The number of imidazole rings is 1. The van der Waals surface area contributed by atoms with Gasteiger partial charge in [-0.3, -0.25) is 4.79 Å². The predicted octanol–water partition coefficient (Wildman–Crippen LogP) is 5.13. The third-order valence-corrected chi connectivity index (χ3v) is 7.74. The second-order valence-electron chi connectivity index (χ2n) is 7.58. The Morgan fingerprint density at radius 3 is 2.31 bits per heavy atom. The molecule has 4 aromatic rings. The van der Waals surface area contributed by atoms with Crippen LogP contribution in [0.4, 0.5) is 5.69 Å². The van der Waals surface area contributed by atoms with Gasteiger partial charge in [0, 0.05) is 5.69 Å². The van der Waals surface area contributed by atoms with Gasteiger partial charge in [-0.15, -0.1) is 0 Å². The van der Waals surface area contributed by atoms with Crippen LogP contribution in [0.5, 0.6) is 0 Å². The molecule has 32 heavy (non-hydrogen) atoms. The number of fused-ring (bicyclic) bond motifs is 1. The number of aromatic nitrogens is 2. The average Bonchev–Trinajstić information content (AvgIpc) is 3.18. The first-order chi connectivity index (χ1) is 15.4. The first kappa shape index (κ1) is 22.1. The fourth-order valence-electron chi connectivity index (χ4n) is 3.28. The normalized spacial score (nSPS) is 11.7. The number of hydrogen-bond donors (Lipinski definition) is 1. The van der Waals surface area contributed by atoms with E-state index in [0.29, 0.717) is 22.6 Å². The lowest BCUT2D eigenvalue weighted by molar-refractivity contribution is -0.113. The van der Waals surface area contributed by atoms with Crippen LogP contribution in [0.3, 0.4) is 0 Å². The van der Waals surface area contributed by atoms with Gasteiger partial charge >= 0.3 is 0 Å². The summed E-state index contributed by atoms with van der Waals surface area (Å²) in [4.78, 5) is 17.2. The van der Waals surface area contributed by atoms with E-state index in [0.717, 1.165) is 11.8 Å². The molecule has 0 aliphatic carbocycles. The second kappa shape index (κ2) is 9.18. The molecule has 0 saturated heterocycles. The minimum atomic E-state index is -3.87. The lowest BCUT2D eigenvalue weighted by Crippen LogP contribution is -2.17. The molecule has 0 saturated carbocycles. The first-order valence-electron chi connectivity index (χ1n) is 10.2. The van der Waals surface area contributed by atoms with E-state index in [9.17, 15) is 13.2 Å². The lowest BCUT2D eigenvalue weighted by atomic mass is 10.0. The maximum Gasteiger partial charge on any atom is 0.270 e. The van der Waals surface area contributed by atoms with Gasteiger partial charge in [-0.25, -0.2) is 17.4 Å². The Morgan fingerprint density at radius 1 is 0.969 bits per heavy atom. The molecule has 0 atom stereocenters. The van der Waals surface area contributed by atoms with Crippen LogP contribution in [0.2, 0.25) is 0 Å². The lowest BCUT2D eigenvalue weighted by Gasteiger charge is -2.11. The van der Waals surface area contributed by atoms with Crippen molar-refractivity contribution in [2.75, 3.05) is 11.1 Å². The number of amides is 1. The number of nitrogens with zero attached hydrogens (tertiary/aromatic N) is 2. The minimum absolute atomic E-state index is 0.0273. The molecule has 1 N–H and O–H groups in total. The maximum absolute atomic E-state index is 13.4. The van der Waals surface area contributed by atoms with Crippen LogP contribution in [0.1, 0.15) is 25.3 Å². The van der Waals surface area contributed by atoms with E-state index in [1.165, 1.54) is 9.54 Å². The Morgan fingerprint density at radius 2 is 1.62 bits per heavy atom. The smallest absolute Gasteiger partial charge is 0.270 e. The summed E-state index contributed by atoms with van der Waals surface area (Å²) >= 11 is 1.09. The van der Waals surface area contributed by atoms with Gasteiger partial charge in [0.05, 0.1) is 21.7 Å². The van der Waals surface area contributed by atoms with E-state index in [1.54, 1.807) is 54.6 Å². The number of para-hydroxylation sites is 2. The minimum Gasteiger partial charge on any atom is -0.325 e. The fourth-order valence-corrected chi connectivity index (χ4v) is 5.82. The monoisotopic (exact) mass is 465 g/mol. The van der Waals surface area contributed by atoms with E-state index in [-0.39, 0.29) is 21.7 Å². The van der Waals surface area contributed by atoms with Crippen molar-refractivity contribution >= 4 is 44.4 Å². The zero-order chi connectivity index (χ0) is 22.7. The van der Waals surface area contributed by atoms with Crippen molar-refractivity contribution in [3.05, 3.63) is 84.4 Å². The van der Waals surface area contributed by atoms with E-state index in [4.69, 9.17) is 0 Å². The molecule has 0 bridgehead atoms. The Bertz CT molecular complexity index is 1350. The van der Waals surface area contributed by atoms with Crippen LogP contribution in [-0.2, 0) is 14.8 Å². The van der Waals surface area contributed by atoms with Crippen molar-refractivity contribution < 1.29 is 13.2 Å². The summed E-state index contributed by atoms with van der Waals surface area (Å²) in [5.41, 5.74) is 2.92. The summed E-state index contributed by atoms with van der Waals surface area (Å²) in [6.07, 6.45) is 0. The molecule has 0 radical (unpaired) electrons. The Balaban J connectivity index is 1.58. The molecule has 0 fully saturated rings. The highest BCUT2D eigenvalue weighted by atomic mass is 32.2. The van der Waals surface area contributed by atoms with Crippen LogP contribution in [-0.4, -0.2) is 29.0 Å². The predicted molar refractivity (Wildman–Crippen MR) is 129 cm³/mol. The number of benzene rings is 3. The molecule has 0 spiro atoms. The van der Waals surface area contributed by atoms with Crippen LogP contribution in [0.15, 0.2) is 88.9 Å². The van der Waals surface area contributed by atoms with Gasteiger partial charge in [0.15, 0.2) is 5.16 Å². The van der Waals surface area contributed by atoms with E-state index in [1.807, 2.05) is 24.3 Å². The third kappa shape index (κ3) is 4.56.